The van der Waals surface area contributed by atoms with Crippen LogP contribution in [-0.2, 0) is 6.42 Å². The number of thiophene rings is 1. The minimum Gasteiger partial charge on any atom is -0.408 e. The second kappa shape index (κ2) is 5.71. The van der Waals surface area contributed by atoms with Crippen molar-refractivity contribution in [2.75, 3.05) is 11.2 Å². The van der Waals surface area contributed by atoms with Crippen LogP contribution in [-0.4, -0.2) is 16.1 Å². The lowest BCUT2D eigenvalue weighted by molar-refractivity contribution is 0.508. The minimum absolute atomic E-state index is 0.0804. The number of hydrogen-bond acceptors (Lipinski definition) is 5. The van der Waals surface area contributed by atoms with Crippen molar-refractivity contribution in [1.29, 1.82) is 0 Å². The molecule has 0 aliphatic carbocycles. The summed E-state index contributed by atoms with van der Waals surface area (Å²) in [5, 5.41) is 10.9. The molecule has 0 aromatic carbocycles. The van der Waals surface area contributed by atoms with Gasteiger partial charge in [0, 0.05) is 17.2 Å². The molecular formula is C10H11Cl2N3OS. The Labute approximate surface area is 113 Å². The molecule has 2 heterocycles. The molecule has 0 saturated heterocycles. The van der Waals surface area contributed by atoms with Gasteiger partial charge in [0.2, 0.25) is 5.89 Å². The molecule has 0 bridgehead atoms. The molecule has 0 radical (unpaired) electrons. The number of nitrogens with zero attached hydrogens (tertiary/aromatic N) is 2. The molecule has 92 valence electrons. The van der Waals surface area contributed by atoms with E-state index >= 15 is 0 Å². The van der Waals surface area contributed by atoms with Gasteiger partial charge >= 0.3 is 6.01 Å². The van der Waals surface area contributed by atoms with E-state index < -0.39 is 0 Å². The monoisotopic (exact) mass is 291 g/mol. The van der Waals surface area contributed by atoms with Crippen molar-refractivity contribution in [2.24, 2.45) is 0 Å². The van der Waals surface area contributed by atoms with Crippen LogP contribution < -0.4 is 5.32 Å². The smallest absolute Gasteiger partial charge is 0.315 e. The molecule has 0 saturated carbocycles. The summed E-state index contributed by atoms with van der Waals surface area (Å²) >= 11 is 13.0. The zero-order valence-corrected chi connectivity index (χ0v) is 11.4. The van der Waals surface area contributed by atoms with Crippen molar-refractivity contribution < 1.29 is 4.42 Å². The third-order valence-electron chi connectivity index (χ3n) is 2.14. The largest absolute Gasteiger partial charge is 0.408 e. The van der Waals surface area contributed by atoms with Gasteiger partial charge in [0.1, 0.15) is 0 Å². The van der Waals surface area contributed by atoms with Gasteiger partial charge in [0.05, 0.1) is 10.4 Å². The van der Waals surface area contributed by atoms with Gasteiger partial charge in [0.15, 0.2) is 0 Å². The highest BCUT2D eigenvalue weighted by Crippen LogP contribution is 2.28. The van der Waals surface area contributed by atoms with Crippen LogP contribution in [0.25, 0.3) is 0 Å². The van der Waals surface area contributed by atoms with Gasteiger partial charge < -0.3 is 9.73 Å². The van der Waals surface area contributed by atoms with Crippen molar-refractivity contribution in [3.05, 3.63) is 27.2 Å². The Balaban J connectivity index is 1.99. The van der Waals surface area contributed by atoms with Gasteiger partial charge in [0.25, 0.3) is 0 Å². The molecule has 1 N–H and O–H groups in total. The number of halogens is 2. The number of aromatic nitrogens is 2. The van der Waals surface area contributed by atoms with Gasteiger partial charge in [-0.25, -0.2) is 0 Å². The Hall–Kier alpha value is -0.780. The normalized spacial score (nSPS) is 12.6. The average molecular weight is 292 g/mol. The maximum Gasteiger partial charge on any atom is 0.315 e. The van der Waals surface area contributed by atoms with Crippen LogP contribution >= 0.6 is 34.5 Å². The quantitative estimate of drug-likeness (QED) is 0.853. The predicted molar refractivity (Wildman–Crippen MR) is 70.1 cm³/mol. The Morgan fingerprint density at radius 3 is 2.94 bits per heavy atom. The highest BCUT2D eigenvalue weighted by atomic mass is 35.5. The van der Waals surface area contributed by atoms with E-state index in [1.807, 2.05) is 19.1 Å². The molecular weight excluding hydrogens is 281 g/mol. The zero-order valence-electron chi connectivity index (χ0n) is 9.11. The Bertz CT molecular complexity index is 485. The lowest BCUT2D eigenvalue weighted by Crippen LogP contribution is -2.04. The Morgan fingerprint density at radius 2 is 2.29 bits per heavy atom. The van der Waals surface area contributed by atoms with Crippen molar-refractivity contribution in [1.82, 2.24) is 10.2 Å². The first-order valence-corrected chi connectivity index (χ1v) is 6.82. The van der Waals surface area contributed by atoms with Gasteiger partial charge in [-0.2, -0.15) is 0 Å². The van der Waals surface area contributed by atoms with Crippen molar-refractivity contribution in [3.63, 3.8) is 0 Å². The third kappa shape index (κ3) is 3.34. The highest BCUT2D eigenvalue weighted by Gasteiger charge is 2.12. The number of alkyl halides is 1. The fourth-order valence-electron chi connectivity index (χ4n) is 1.31. The molecule has 0 spiro atoms. The van der Waals surface area contributed by atoms with Gasteiger partial charge in [-0.05, 0) is 19.1 Å². The van der Waals surface area contributed by atoms with Crippen LogP contribution in [0.3, 0.4) is 0 Å². The van der Waals surface area contributed by atoms with E-state index in [0.717, 1.165) is 9.21 Å². The molecule has 0 aliphatic heterocycles. The van der Waals surface area contributed by atoms with E-state index in [9.17, 15) is 0 Å². The van der Waals surface area contributed by atoms with E-state index in [1.165, 1.54) is 11.3 Å². The highest BCUT2D eigenvalue weighted by molar-refractivity contribution is 7.16. The van der Waals surface area contributed by atoms with E-state index in [0.29, 0.717) is 24.2 Å². The zero-order chi connectivity index (χ0) is 12.3. The molecule has 1 unspecified atom stereocenters. The van der Waals surface area contributed by atoms with E-state index in [1.54, 1.807) is 0 Å². The van der Waals surface area contributed by atoms with Crippen LogP contribution in [0.1, 0.15) is 23.7 Å². The molecule has 1 atom stereocenters. The average Bonchev–Trinajstić information content (AvgIpc) is 2.88. The second-order valence-corrected chi connectivity index (χ2v) is 5.57. The molecule has 0 fully saturated rings. The van der Waals surface area contributed by atoms with E-state index in [-0.39, 0.29) is 6.04 Å². The van der Waals surface area contributed by atoms with Crippen LogP contribution in [0.15, 0.2) is 16.5 Å². The summed E-state index contributed by atoms with van der Waals surface area (Å²) in [5.74, 6) is 1.01. The molecule has 7 heteroatoms. The van der Waals surface area contributed by atoms with Crippen LogP contribution in [0.5, 0.6) is 0 Å². The second-order valence-electron chi connectivity index (χ2n) is 3.45. The van der Waals surface area contributed by atoms with Crippen LogP contribution in [0.4, 0.5) is 6.01 Å². The first-order chi connectivity index (χ1) is 8.19. The standard InChI is InChI=1S/C10H11Cl2N3OS/c1-6(7-2-3-8(12)17-7)13-10-15-14-9(16-10)4-5-11/h2-3,6H,4-5H2,1H3,(H,13,15). The number of hydrogen-bond donors (Lipinski definition) is 1. The lowest BCUT2D eigenvalue weighted by Gasteiger charge is -2.08. The van der Waals surface area contributed by atoms with Gasteiger partial charge in [-0.3, -0.25) is 0 Å². The molecule has 2 aromatic heterocycles. The van der Waals surface area contributed by atoms with Crippen molar-refractivity contribution in [3.8, 4) is 0 Å². The molecule has 2 rings (SSSR count). The van der Waals surface area contributed by atoms with Crippen molar-refractivity contribution >= 4 is 40.6 Å². The first-order valence-electron chi connectivity index (χ1n) is 5.09. The van der Waals surface area contributed by atoms with Crippen molar-refractivity contribution in [2.45, 2.75) is 19.4 Å². The molecule has 2 aromatic rings. The van der Waals surface area contributed by atoms with E-state index in [4.69, 9.17) is 27.6 Å². The minimum atomic E-state index is 0.0804. The Kier molecular flexibility index (Phi) is 4.25. The van der Waals surface area contributed by atoms with Gasteiger partial charge in [-0.1, -0.05) is 16.7 Å². The number of nitrogens with one attached hydrogen (secondary N) is 1. The van der Waals surface area contributed by atoms with Gasteiger partial charge in [-0.15, -0.1) is 28.0 Å². The molecule has 17 heavy (non-hydrogen) atoms. The van der Waals surface area contributed by atoms with Crippen LogP contribution in [0, 0.1) is 0 Å². The molecule has 4 nitrogen and oxygen atoms in total. The predicted octanol–water partition coefficient (Wildman–Crippen LogP) is 3.74. The summed E-state index contributed by atoms with van der Waals surface area (Å²) in [5.41, 5.74) is 0. The van der Waals surface area contributed by atoms with Crippen LogP contribution in [0.2, 0.25) is 4.34 Å². The fourth-order valence-corrected chi connectivity index (χ4v) is 2.54. The topological polar surface area (TPSA) is 51.0 Å². The number of aryl methyl sites for hydroxylation is 1. The SMILES string of the molecule is CC(Nc1nnc(CCCl)o1)c1ccc(Cl)s1. The lowest BCUT2D eigenvalue weighted by atomic mass is 10.3. The summed E-state index contributed by atoms with van der Waals surface area (Å²) in [7, 11) is 0. The fraction of sp³-hybridized carbons (Fsp3) is 0.400. The Morgan fingerprint density at radius 1 is 1.47 bits per heavy atom. The number of rotatable bonds is 5. The molecule has 0 amide bonds. The van der Waals surface area contributed by atoms with E-state index in [2.05, 4.69) is 15.5 Å². The maximum absolute atomic E-state index is 5.88. The summed E-state index contributed by atoms with van der Waals surface area (Å²) in [6.45, 7) is 2.01. The summed E-state index contributed by atoms with van der Waals surface area (Å²) in [4.78, 5) is 1.12. The third-order valence-corrected chi connectivity index (χ3v) is 3.74. The number of anilines is 1. The summed E-state index contributed by atoms with van der Waals surface area (Å²) in [6, 6.07) is 4.33. The summed E-state index contributed by atoms with van der Waals surface area (Å²) < 4.78 is 6.14. The maximum atomic E-state index is 5.88. The first kappa shape index (κ1) is 12.7. The molecule has 0 aliphatic rings. The summed E-state index contributed by atoms with van der Waals surface area (Å²) in [6.07, 6.45) is 0.579.